The Labute approximate surface area is 160 Å². The van der Waals surface area contributed by atoms with Crippen molar-refractivity contribution in [2.24, 2.45) is 5.92 Å². The Morgan fingerprint density at radius 1 is 1.04 bits per heavy atom. The molecule has 2 amide bonds. The smallest absolute Gasteiger partial charge is 0.239 e. The summed E-state index contributed by atoms with van der Waals surface area (Å²) in [5.74, 6) is 0.393. The number of carbonyl (C=O) groups is 2. The zero-order chi connectivity index (χ0) is 17.5. The van der Waals surface area contributed by atoms with Gasteiger partial charge in [0.15, 0.2) is 0 Å². The highest BCUT2D eigenvalue weighted by Gasteiger charge is 2.14. The molecular weight excluding hydrogens is 350 g/mol. The first-order valence-corrected chi connectivity index (χ1v) is 8.93. The summed E-state index contributed by atoms with van der Waals surface area (Å²) in [4.78, 5) is 24.0. The molecule has 1 saturated heterocycles. The van der Waals surface area contributed by atoms with Crippen LogP contribution < -0.4 is 16.0 Å². The summed E-state index contributed by atoms with van der Waals surface area (Å²) < 4.78 is 0. The van der Waals surface area contributed by atoms with E-state index in [1.165, 1.54) is 6.42 Å². The normalized spacial score (nSPS) is 16.1. The lowest BCUT2D eigenvalue weighted by Crippen LogP contribution is -2.38. The maximum absolute atomic E-state index is 12.1. The van der Waals surface area contributed by atoms with Gasteiger partial charge in [0.2, 0.25) is 11.8 Å². The standard InChI is InChI=1S/C20H25N3O2.ClH/c24-19(12-17-6-3-5-16-4-1-2-7-18(16)17)23-14-20(25)22-11-9-15-8-10-21-13-15;/h1-7,15,21H,8-14H2,(H,22,25)(H,23,24);1H. The number of fused-ring (bicyclic) bond motifs is 1. The van der Waals surface area contributed by atoms with Gasteiger partial charge in [0.05, 0.1) is 13.0 Å². The van der Waals surface area contributed by atoms with E-state index in [9.17, 15) is 9.59 Å². The minimum Gasteiger partial charge on any atom is -0.355 e. The molecule has 1 aliphatic rings. The van der Waals surface area contributed by atoms with Crippen LogP contribution in [0.3, 0.4) is 0 Å². The van der Waals surface area contributed by atoms with Gasteiger partial charge in [-0.05, 0) is 48.2 Å². The molecule has 0 radical (unpaired) electrons. The number of amides is 2. The lowest BCUT2D eigenvalue weighted by atomic mass is 10.0. The average molecular weight is 376 g/mol. The number of rotatable bonds is 7. The molecule has 140 valence electrons. The van der Waals surface area contributed by atoms with Gasteiger partial charge in [-0.15, -0.1) is 12.4 Å². The topological polar surface area (TPSA) is 70.2 Å². The molecule has 3 N–H and O–H groups in total. The number of nitrogens with one attached hydrogen (secondary N) is 3. The van der Waals surface area contributed by atoms with Crippen molar-refractivity contribution >= 4 is 35.0 Å². The van der Waals surface area contributed by atoms with E-state index < -0.39 is 0 Å². The van der Waals surface area contributed by atoms with Gasteiger partial charge in [-0.3, -0.25) is 9.59 Å². The first-order valence-electron chi connectivity index (χ1n) is 8.93. The summed E-state index contributed by atoms with van der Waals surface area (Å²) >= 11 is 0. The molecule has 1 heterocycles. The third-order valence-electron chi connectivity index (χ3n) is 4.71. The molecule has 2 aromatic rings. The van der Waals surface area contributed by atoms with Crippen LogP contribution in [-0.4, -0.2) is 38.0 Å². The maximum atomic E-state index is 12.1. The predicted octanol–water partition coefficient (Wildman–Crippen LogP) is 2.04. The predicted molar refractivity (Wildman–Crippen MR) is 107 cm³/mol. The van der Waals surface area contributed by atoms with Crippen molar-refractivity contribution in [2.75, 3.05) is 26.2 Å². The van der Waals surface area contributed by atoms with Crippen molar-refractivity contribution in [1.29, 1.82) is 0 Å². The molecule has 2 aromatic carbocycles. The lowest BCUT2D eigenvalue weighted by molar-refractivity contribution is -0.125. The van der Waals surface area contributed by atoms with E-state index in [2.05, 4.69) is 16.0 Å². The lowest BCUT2D eigenvalue weighted by Gasteiger charge is -2.10. The quantitative estimate of drug-likeness (QED) is 0.693. The van der Waals surface area contributed by atoms with E-state index in [0.29, 0.717) is 12.5 Å². The van der Waals surface area contributed by atoms with E-state index in [-0.39, 0.29) is 37.2 Å². The van der Waals surface area contributed by atoms with Crippen LogP contribution in [-0.2, 0) is 16.0 Å². The molecule has 0 aromatic heterocycles. The summed E-state index contributed by atoms with van der Waals surface area (Å²) in [6.45, 7) is 2.82. The van der Waals surface area contributed by atoms with E-state index in [1.807, 2.05) is 42.5 Å². The van der Waals surface area contributed by atoms with Crippen LogP contribution in [0.2, 0.25) is 0 Å². The Morgan fingerprint density at radius 3 is 2.65 bits per heavy atom. The van der Waals surface area contributed by atoms with E-state index in [0.717, 1.165) is 35.8 Å². The number of hydrogen-bond acceptors (Lipinski definition) is 3. The second kappa shape index (κ2) is 10.1. The molecule has 1 atom stereocenters. The highest BCUT2D eigenvalue weighted by atomic mass is 35.5. The number of halogens is 1. The zero-order valence-electron chi connectivity index (χ0n) is 14.8. The summed E-state index contributed by atoms with van der Waals surface area (Å²) in [5, 5.41) is 11.1. The molecule has 1 unspecified atom stereocenters. The van der Waals surface area contributed by atoms with Crippen molar-refractivity contribution in [3.05, 3.63) is 48.0 Å². The van der Waals surface area contributed by atoms with Crippen molar-refractivity contribution in [3.8, 4) is 0 Å². The highest BCUT2D eigenvalue weighted by Crippen LogP contribution is 2.18. The molecule has 5 nitrogen and oxygen atoms in total. The summed E-state index contributed by atoms with van der Waals surface area (Å²) in [5.41, 5.74) is 0.977. The molecule has 1 aliphatic heterocycles. The van der Waals surface area contributed by atoms with Crippen molar-refractivity contribution in [2.45, 2.75) is 19.3 Å². The van der Waals surface area contributed by atoms with Crippen molar-refractivity contribution in [1.82, 2.24) is 16.0 Å². The van der Waals surface area contributed by atoms with E-state index >= 15 is 0 Å². The third-order valence-corrected chi connectivity index (χ3v) is 4.71. The molecule has 1 fully saturated rings. The molecule has 0 saturated carbocycles. The van der Waals surface area contributed by atoms with Gasteiger partial charge < -0.3 is 16.0 Å². The van der Waals surface area contributed by atoms with Crippen molar-refractivity contribution < 1.29 is 9.59 Å². The summed E-state index contributed by atoms with van der Waals surface area (Å²) in [6.07, 6.45) is 2.45. The minimum atomic E-state index is -0.133. The van der Waals surface area contributed by atoms with Gasteiger partial charge >= 0.3 is 0 Å². The first kappa shape index (κ1) is 20.2. The van der Waals surface area contributed by atoms with Crippen LogP contribution >= 0.6 is 12.4 Å². The van der Waals surface area contributed by atoms with Crippen LogP contribution in [0.4, 0.5) is 0 Å². The number of hydrogen-bond donors (Lipinski definition) is 3. The molecule has 0 bridgehead atoms. The fourth-order valence-electron chi connectivity index (χ4n) is 3.30. The molecular formula is C20H26ClN3O2. The largest absolute Gasteiger partial charge is 0.355 e. The van der Waals surface area contributed by atoms with Crippen LogP contribution in [0.25, 0.3) is 10.8 Å². The fraction of sp³-hybridized carbons (Fsp3) is 0.400. The second-order valence-corrected chi connectivity index (χ2v) is 6.59. The Hall–Kier alpha value is -2.11. The minimum absolute atomic E-state index is 0. The average Bonchev–Trinajstić information content (AvgIpc) is 3.14. The monoisotopic (exact) mass is 375 g/mol. The molecule has 0 spiro atoms. The van der Waals surface area contributed by atoms with Crippen LogP contribution in [0.15, 0.2) is 42.5 Å². The summed E-state index contributed by atoms with van der Waals surface area (Å²) in [7, 11) is 0. The fourth-order valence-corrected chi connectivity index (χ4v) is 3.30. The molecule has 26 heavy (non-hydrogen) atoms. The van der Waals surface area contributed by atoms with Gasteiger partial charge in [-0.1, -0.05) is 42.5 Å². The van der Waals surface area contributed by atoms with Gasteiger partial charge in [-0.25, -0.2) is 0 Å². The Kier molecular flexibility index (Phi) is 7.88. The molecule has 3 rings (SSSR count). The van der Waals surface area contributed by atoms with Crippen LogP contribution in [0.1, 0.15) is 18.4 Å². The van der Waals surface area contributed by atoms with Crippen LogP contribution in [0, 0.1) is 5.92 Å². The Bertz CT molecular complexity index is 739. The van der Waals surface area contributed by atoms with Gasteiger partial charge in [0.25, 0.3) is 0 Å². The van der Waals surface area contributed by atoms with Gasteiger partial charge in [0.1, 0.15) is 0 Å². The SMILES string of the molecule is Cl.O=C(CNC(=O)Cc1cccc2ccccc12)NCCC1CCNC1. The zero-order valence-corrected chi connectivity index (χ0v) is 15.6. The van der Waals surface area contributed by atoms with Gasteiger partial charge in [-0.2, -0.15) is 0 Å². The Morgan fingerprint density at radius 2 is 1.85 bits per heavy atom. The van der Waals surface area contributed by atoms with E-state index in [4.69, 9.17) is 0 Å². The maximum Gasteiger partial charge on any atom is 0.239 e. The number of benzene rings is 2. The van der Waals surface area contributed by atoms with Gasteiger partial charge in [0, 0.05) is 6.54 Å². The molecule has 6 heteroatoms. The Balaban J connectivity index is 0.00000243. The highest BCUT2D eigenvalue weighted by molar-refractivity contribution is 5.91. The summed E-state index contributed by atoms with van der Waals surface area (Å²) in [6, 6.07) is 13.9. The van der Waals surface area contributed by atoms with Crippen LogP contribution in [0.5, 0.6) is 0 Å². The number of carbonyl (C=O) groups excluding carboxylic acids is 2. The first-order chi connectivity index (χ1) is 12.2. The molecule has 0 aliphatic carbocycles. The van der Waals surface area contributed by atoms with Crippen molar-refractivity contribution in [3.63, 3.8) is 0 Å². The second-order valence-electron chi connectivity index (χ2n) is 6.59. The third kappa shape index (κ3) is 5.71. The van der Waals surface area contributed by atoms with E-state index in [1.54, 1.807) is 0 Å².